The topological polar surface area (TPSA) is 49.9 Å². The molecule has 0 radical (unpaired) electrons. The van der Waals surface area contributed by atoms with Crippen LogP contribution in [-0.2, 0) is 11.2 Å². The first-order valence-electron chi connectivity index (χ1n) is 10.3. The molecule has 1 spiro atoms. The van der Waals surface area contributed by atoms with E-state index >= 15 is 0 Å². The summed E-state index contributed by atoms with van der Waals surface area (Å²) in [5.41, 5.74) is 1.52. The van der Waals surface area contributed by atoms with Gasteiger partial charge in [0.2, 0.25) is 5.91 Å². The van der Waals surface area contributed by atoms with Gasteiger partial charge >= 0.3 is 0 Å². The minimum atomic E-state index is -0.328. The molecule has 0 N–H and O–H groups in total. The molecule has 29 heavy (non-hydrogen) atoms. The molecule has 0 unspecified atom stereocenters. The van der Waals surface area contributed by atoms with Crippen LogP contribution in [0.4, 0.5) is 0 Å². The van der Waals surface area contributed by atoms with Gasteiger partial charge in [-0.3, -0.25) is 9.59 Å². The van der Waals surface area contributed by atoms with Crippen LogP contribution < -0.4 is 4.74 Å². The fourth-order valence-electron chi connectivity index (χ4n) is 4.86. The van der Waals surface area contributed by atoms with Crippen molar-refractivity contribution in [3.8, 4) is 5.75 Å². The molecule has 1 atom stereocenters. The molecule has 2 aromatic rings. The largest absolute Gasteiger partial charge is 0.496 e. The first-order valence-corrected chi connectivity index (χ1v) is 10.3. The van der Waals surface area contributed by atoms with Gasteiger partial charge in [-0.2, -0.15) is 0 Å². The highest BCUT2D eigenvalue weighted by atomic mass is 16.5. The van der Waals surface area contributed by atoms with Crippen molar-refractivity contribution in [3.05, 3.63) is 65.7 Å². The number of rotatable bonds is 4. The fraction of sp³-hybridized carbons (Fsp3) is 0.417. The molecule has 2 aliphatic rings. The third kappa shape index (κ3) is 3.61. The van der Waals surface area contributed by atoms with Crippen LogP contribution in [0.5, 0.6) is 5.75 Å². The summed E-state index contributed by atoms with van der Waals surface area (Å²) in [6.45, 7) is 1.21. The molecule has 0 aliphatic carbocycles. The summed E-state index contributed by atoms with van der Waals surface area (Å²) in [6.07, 6.45) is 3.20. The Balaban J connectivity index is 1.44. The van der Waals surface area contributed by atoms with Gasteiger partial charge < -0.3 is 14.5 Å². The summed E-state index contributed by atoms with van der Waals surface area (Å²) in [6, 6.07) is 17.9. The van der Waals surface area contributed by atoms with Gasteiger partial charge in [0.1, 0.15) is 5.75 Å². The number of methoxy groups -OCH3 is 1. The minimum absolute atomic E-state index is 0.0167. The standard InChI is InChI=1S/C24H28N2O3/c1-25-19(16-18-8-4-3-5-9-18)17-24(23(25)28)12-14-26(15-13-24)22(27)20-10-6-7-11-21(20)29-2/h3-11,19H,12-17H2,1-2H3/t19-/m1/s1. The maximum atomic E-state index is 13.1. The summed E-state index contributed by atoms with van der Waals surface area (Å²) < 4.78 is 5.34. The van der Waals surface area contributed by atoms with E-state index in [0.717, 1.165) is 25.7 Å². The first-order chi connectivity index (χ1) is 14.0. The summed E-state index contributed by atoms with van der Waals surface area (Å²) in [5.74, 6) is 0.817. The number of amides is 2. The Kier molecular flexibility index (Phi) is 5.31. The van der Waals surface area contributed by atoms with Gasteiger partial charge in [0.15, 0.2) is 0 Å². The number of hydrogen-bond acceptors (Lipinski definition) is 3. The molecule has 0 saturated carbocycles. The van der Waals surface area contributed by atoms with E-state index in [1.807, 2.05) is 53.2 Å². The number of ether oxygens (including phenoxy) is 1. The SMILES string of the molecule is COc1ccccc1C(=O)N1CCC2(CC1)C[C@@H](Cc1ccccc1)N(C)C2=O. The van der Waals surface area contributed by atoms with E-state index < -0.39 is 0 Å². The zero-order valence-corrected chi connectivity index (χ0v) is 17.1. The highest BCUT2D eigenvalue weighted by molar-refractivity contribution is 5.97. The van der Waals surface area contributed by atoms with Crippen molar-refractivity contribution in [1.29, 1.82) is 0 Å². The molecule has 152 valence electrons. The van der Waals surface area contributed by atoms with E-state index in [2.05, 4.69) is 12.1 Å². The molecule has 5 heteroatoms. The average Bonchev–Trinajstić information content (AvgIpc) is 2.99. The Morgan fingerprint density at radius 2 is 1.72 bits per heavy atom. The molecular formula is C24H28N2O3. The summed E-state index contributed by atoms with van der Waals surface area (Å²) >= 11 is 0. The van der Waals surface area contributed by atoms with E-state index in [9.17, 15) is 9.59 Å². The van der Waals surface area contributed by atoms with Crippen molar-refractivity contribution in [1.82, 2.24) is 9.80 Å². The molecule has 2 heterocycles. The number of likely N-dealkylation sites (N-methyl/N-ethyl adjacent to an activating group) is 1. The van der Waals surface area contributed by atoms with Crippen molar-refractivity contribution in [2.45, 2.75) is 31.7 Å². The highest BCUT2D eigenvalue weighted by Gasteiger charge is 2.51. The predicted molar refractivity (Wildman–Crippen MR) is 112 cm³/mol. The lowest BCUT2D eigenvalue weighted by molar-refractivity contribution is -0.137. The molecule has 2 saturated heterocycles. The van der Waals surface area contributed by atoms with Gasteiger partial charge in [0.05, 0.1) is 18.1 Å². The van der Waals surface area contributed by atoms with Crippen LogP contribution in [0.2, 0.25) is 0 Å². The lowest BCUT2D eigenvalue weighted by Gasteiger charge is -2.38. The molecule has 0 bridgehead atoms. The van der Waals surface area contributed by atoms with Gasteiger partial charge in [-0.15, -0.1) is 0 Å². The summed E-state index contributed by atoms with van der Waals surface area (Å²) in [7, 11) is 3.51. The normalized spacial score (nSPS) is 20.9. The Hall–Kier alpha value is -2.82. The maximum absolute atomic E-state index is 13.1. The number of hydrogen-bond donors (Lipinski definition) is 0. The van der Waals surface area contributed by atoms with E-state index in [1.165, 1.54) is 5.56 Å². The lowest BCUT2D eigenvalue weighted by Crippen LogP contribution is -2.46. The van der Waals surface area contributed by atoms with Crippen molar-refractivity contribution in [3.63, 3.8) is 0 Å². The Bertz CT molecular complexity index is 888. The molecule has 5 nitrogen and oxygen atoms in total. The van der Waals surface area contributed by atoms with Gasteiger partial charge in [0, 0.05) is 26.2 Å². The van der Waals surface area contributed by atoms with E-state index in [-0.39, 0.29) is 23.3 Å². The van der Waals surface area contributed by atoms with Crippen LogP contribution in [0.1, 0.15) is 35.2 Å². The Labute approximate surface area is 172 Å². The molecule has 0 aromatic heterocycles. The van der Waals surface area contributed by atoms with E-state index in [0.29, 0.717) is 24.4 Å². The van der Waals surface area contributed by atoms with Crippen LogP contribution in [0.3, 0.4) is 0 Å². The van der Waals surface area contributed by atoms with Gasteiger partial charge in [-0.1, -0.05) is 42.5 Å². The van der Waals surface area contributed by atoms with Crippen molar-refractivity contribution in [2.75, 3.05) is 27.2 Å². The second kappa shape index (κ2) is 7.90. The number of nitrogens with zero attached hydrogens (tertiary/aromatic N) is 2. The van der Waals surface area contributed by atoms with Crippen molar-refractivity contribution < 1.29 is 14.3 Å². The highest BCUT2D eigenvalue weighted by Crippen LogP contribution is 2.45. The quantitative estimate of drug-likeness (QED) is 0.801. The van der Waals surface area contributed by atoms with Gasteiger partial charge in [-0.05, 0) is 43.4 Å². The van der Waals surface area contributed by atoms with E-state index in [1.54, 1.807) is 13.2 Å². The van der Waals surface area contributed by atoms with E-state index in [4.69, 9.17) is 4.74 Å². The molecule has 2 fully saturated rings. The van der Waals surface area contributed by atoms with Crippen LogP contribution in [0.25, 0.3) is 0 Å². The number of likely N-dealkylation sites (tertiary alicyclic amines) is 2. The second-order valence-electron chi connectivity index (χ2n) is 8.24. The van der Waals surface area contributed by atoms with Crippen molar-refractivity contribution >= 4 is 11.8 Å². The van der Waals surface area contributed by atoms with Crippen LogP contribution in [0.15, 0.2) is 54.6 Å². The number of piperidine rings is 1. The van der Waals surface area contributed by atoms with Gasteiger partial charge in [0.25, 0.3) is 5.91 Å². The van der Waals surface area contributed by atoms with Crippen LogP contribution in [0, 0.1) is 5.41 Å². The van der Waals surface area contributed by atoms with Crippen molar-refractivity contribution in [2.24, 2.45) is 5.41 Å². The molecule has 4 rings (SSSR count). The lowest BCUT2D eigenvalue weighted by atomic mass is 9.75. The zero-order valence-electron chi connectivity index (χ0n) is 17.1. The monoisotopic (exact) mass is 392 g/mol. The second-order valence-corrected chi connectivity index (χ2v) is 8.24. The first kappa shape index (κ1) is 19.5. The Morgan fingerprint density at radius 1 is 1.07 bits per heavy atom. The smallest absolute Gasteiger partial charge is 0.257 e. The number of benzene rings is 2. The zero-order chi connectivity index (χ0) is 20.4. The Morgan fingerprint density at radius 3 is 2.41 bits per heavy atom. The number of para-hydroxylation sites is 1. The number of carbonyl (C=O) groups excluding carboxylic acids is 2. The molecule has 2 aromatic carbocycles. The van der Waals surface area contributed by atoms with Crippen LogP contribution >= 0.6 is 0 Å². The van der Waals surface area contributed by atoms with Gasteiger partial charge in [-0.25, -0.2) is 0 Å². The minimum Gasteiger partial charge on any atom is -0.496 e. The average molecular weight is 392 g/mol. The number of carbonyl (C=O) groups is 2. The summed E-state index contributed by atoms with van der Waals surface area (Å²) in [4.78, 5) is 29.9. The third-order valence-corrected chi connectivity index (χ3v) is 6.61. The predicted octanol–water partition coefficient (Wildman–Crippen LogP) is 3.39. The van der Waals surface area contributed by atoms with Crippen LogP contribution in [-0.4, -0.2) is 54.9 Å². The molecular weight excluding hydrogens is 364 g/mol. The third-order valence-electron chi connectivity index (χ3n) is 6.61. The molecule has 2 aliphatic heterocycles. The maximum Gasteiger partial charge on any atom is 0.257 e. The molecule has 2 amide bonds. The fourth-order valence-corrected chi connectivity index (χ4v) is 4.86. The summed E-state index contributed by atoms with van der Waals surface area (Å²) in [5, 5.41) is 0.